The third-order valence-corrected chi connectivity index (χ3v) is 5.65. The second-order valence-corrected chi connectivity index (χ2v) is 7.96. The second kappa shape index (κ2) is 9.46. The van der Waals surface area contributed by atoms with Gasteiger partial charge in [-0.3, -0.25) is 15.6 Å². The number of carbonyl (C=O) groups is 1. The third-order valence-electron chi connectivity index (χ3n) is 5.10. The molecule has 0 bridgehead atoms. The number of halogens is 3. The van der Waals surface area contributed by atoms with Gasteiger partial charge in [-0.15, -0.1) is 0 Å². The first-order valence-electron chi connectivity index (χ1n) is 9.79. The van der Waals surface area contributed by atoms with Crippen molar-refractivity contribution in [2.24, 2.45) is 0 Å². The molecule has 0 aliphatic carbocycles. The van der Waals surface area contributed by atoms with Gasteiger partial charge < -0.3 is 15.5 Å². The molecule has 0 saturated carbocycles. The Balaban J connectivity index is 1.40. The minimum atomic E-state index is -0.459. The van der Waals surface area contributed by atoms with Gasteiger partial charge in [-0.05, 0) is 42.5 Å². The fourth-order valence-electron chi connectivity index (χ4n) is 3.42. The van der Waals surface area contributed by atoms with Crippen molar-refractivity contribution in [2.45, 2.75) is 0 Å². The van der Waals surface area contributed by atoms with E-state index in [1.54, 1.807) is 18.2 Å². The molecule has 1 fully saturated rings. The predicted octanol–water partition coefficient (Wildman–Crippen LogP) is 3.59. The van der Waals surface area contributed by atoms with E-state index in [2.05, 4.69) is 25.7 Å². The lowest BCUT2D eigenvalue weighted by Crippen LogP contribution is -2.47. The van der Waals surface area contributed by atoms with Gasteiger partial charge in [-0.25, -0.2) is 14.4 Å². The highest BCUT2D eigenvalue weighted by Crippen LogP contribution is 2.28. The Morgan fingerprint density at radius 2 is 1.69 bits per heavy atom. The minimum Gasteiger partial charge on any atom is -0.393 e. The third kappa shape index (κ3) is 4.79. The largest absolute Gasteiger partial charge is 0.393 e. The molecule has 1 amide bonds. The van der Waals surface area contributed by atoms with Crippen LogP contribution in [-0.2, 0) is 0 Å². The highest BCUT2D eigenvalue weighted by Gasteiger charge is 2.22. The number of anilines is 4. The molecule has 3 aromatic rings. The molecular formula is C21H20Cl2FN7O. The number of rotatable bonds is 5. The maximum absolute atomic E-state index is 13.2. The molecule has 2 heterocycles. The Labute approximate surface area is 194 Å². The van der Waals surface area contributed by atoms with Gasteiger partial charge in [0.25, 0.3) is 5.91 Å². The summed E-state index contributed by atoms with van der Waals surface area (Å²) in [5.74, 6) is 0.125. The SMILES string of the molecule is Nc1c(NNC(=O)c2ccc(Cl)cc2Cl)ncnc1N1CCN(c2ccc(F)cc2)CC1. The number of piperazine rings is 1. The molecule has 32 heavy (non-hydrogen) atoms. The van der Waals surface area contributed by atoms with Crippen molar-refractivity contribution in [3.05, 3.63) is 70.2 Å². The quantitative estimate of drug-likeness (QED) is 0.484. The monoisotopic (exact) mass is 475 g/mol. The summed E-state index contributed by atoms with van der Waals surface area (Å²) in [6, 6.07) is 11.0. The van der Waals surface area contributed by atoms with Gasteiger partial charge in [0, 0.05) is 36.9 Å². The first kappa shape index (κ1) is 21.9. The molecule has 0 radical (unpaired) electrons. The Morgan fingerprint density at radius 3 is 2.38 bits per heavy atom. The molecule has 4 N–H and O–H groups in total. The van der Waals surface area contributed by atoms with Gasteiger partial charge in [-0.1, -0.05) is 23.2 Å². The molecule has 8 nitrogen and oxygen atoms in total. The van der Waals surface area contributed by atoms with Crippen molar-refractivity contribution in [2.75, 3.05) is 47.1 Å². The average Bonchev–Trinajstić information content (AvgIpc) is 2.79. The van der Waals surface area contributed by atoms with Gasteiger partial charge in [-0.2, -0.15) is 0 Å². The number of hydrogen-bond acceptors (Lipinski definition) is 7. The summed E-state index contributed by atoms with van der Waals surface area (Å²) < 4.78 is 13.2. The van der Waals surface area contributed by atoms with Crippen molar-refractivity contribution in [1.29, 1.82) is 0 Å². The number of amides is 1. The smallest absolute Gasteiger partial charge is 0.271 e. The number of benzene rings is 2. The maximum atomic E-state index is 13.2. The van der Waals surface area contributed by atoms with Crippen LogP contribution in [-0.4, -0.2) is 42.1 Å². The van der Waals surface area contributed by atoms with Crippen LogP contribution in [0.15, 0.2) is 48.8 Å². The number of nitrogens with one attached hydrogen (secondary N) is 2. The number of nitrogens with two attached hydrogens (primary N) is 1. The van der Waals surface area contributed by atoms with E-state index in [0.29, 0.717) is 29.6 Å². The number of hydrogen-bond donors (Lipinski definition) is 3. The van der Waals surface area contributed by atoms with Crippen LogP contribution < -0.4 is 26.4 Å². The van der Waals surface area contributed by atoms with Crippen LogP contribution in [0.4, 0.5) is 27.4 Å². The zero-order valence-corrected chi connectivity index (χ0v) is 18.4. The fourth-order valence-corrected chi connectivity index (χ4v) is 3.92. The number of carbonyl (C=O) groups excluding carboxylic acids is 1. The van der Waals surface area contributed by atoms with E-state index in [4.69, 9.17) is 28.9 Å². The van der Waals surface area contributed by atoms with E-state index in [1.165, 1.54) is 30.6 Å². The van der Waals surface area contributed by atoms with Crippen LogP contribution in [0.1, 0.15) is 10.4 Å². The van der Waals surface area contributed by atoms with Crippen molar-refractivity contribution < 1.29 is 9.18 Å². The van der Waals surface area contributed by atoms with Crippen LogP contribution in [0.2, 0.25) is 10.0 Å². The molecule has 4 rings (SSSR count). The van der Waals surface area contributed by atoms with E-state index in [9.17, 15) is 9.18 Å². The molecule has 1 saturated heterocycles. The Kier molecular flexibility index (Phi) is 6.48. The van der Waals surface area contributed by atoms with Gasteiger partial charge in [0.2, 0.25) is 0 Å². The number of hydrazine groups is 1. The van der Waals surface area contributed by atoms with Gasteiger partial charge in [0.05, 0.1) is 10.6 Å². The summed E-state index contributed by atoms with van der Waals surface area (Å²) >= 11 is 11.9. The molecule has 1 aliphatic rings. The molecule has 2 aromatic carbocycles. The lowest BCUT2D eigenvalue weighted by molar-refractivity contribution is 0.0962. The number of nitrogens with zero attached hydrogens (tertiary/aromatic N) is 4. The normalized spacial score (nSPS) is 13.7. The van der Waals surface area contributed by atoms with Gasteiger partial charge in [0.15, 0.2) is 11.6 Å². The first-order valence-corrected chi connectivity index (χ1v) is 10.6. The Morgan fingerprint density at radius 1 is 1.00 bits per heavy atom. The summed E-state index contributed by atoms with van der Waals surface area (Å²) in [6.07, 6.45) is 1.38. The summed E-state index contributed by atoms with van der Waals surface area (Å²) in [6.45, 7) is 2.79. The van der Waals surface area contributed by atoms with Crippen LogP contribution in [0.5, 0.6) is 0 Å². The average molecular weight is 476 g/mol. The summed E-state index contributed by atoms with van der Waals surface area (Å²) in [5, 5.41) is 0.663. The predicted molar refractivity (Wildman–Crippen MR) is 125 cm³/mol. The molecule has 1 aliphatic heterocycles. The van der Waals surface area contributed by atoms with E-state index in [1.807, 2.05) is 4.90 Å². The molecular weight excluding hydrogens is 456 g/mol. The molecule has 1 aromatic heterocycles. The van der Waals surface area contributed by atoms with Crippen LogP contribution in [0.3, 0.4) is 0 Å². The standard InChI is InChI=1S/C21H20Cl2FN7O/c22-13-1-6-16(17(23)11-13)21(32)29-28-19-18(25)20(27-12-26-19)31-9-7-30(8-10-31)15-4-2-14(24)3-5-15/h1-6,11-12H,7-10,25H2,(H,29,32)(H,26,27,28). The number of aromatic nitrogens is 2. The van der Waals surface area contributed by atoms with Crippen LogP contribution in [0, 0.1) is 5.82 Å². The van der Waals surface area contributed by atoms with Crippen molar-refractivity contribution >= 4 is 52.1 Å². The summed E-state index contributed by atoms with van der Waals surface area (Å²) in [5.41, 5.74) is 13.1. The van der Waals surface area contributed by atoms with E-state index < -0.39 is 5.91 Å². The maximum Gasteiger partial charge on any atom is 0.271 e. The van der Waals surface area contributed by atoms with Gasteiger partial charge in [0.1, 0.15) is 17.8 Å². The highest BCUT2D eigenvalue weighted by atomic mass is 35.5. The van der Waals surface area contributed by atoms with E-state index in [0.717, 1.165) is 18.8 Å². The topological polar surface area (TPSA) is 99.4 Å². The fraction of sp³-hybridized carbons (Fsp3) is 0.190. The molecule has 0 atom stereocenters. The zero-order chi connectivity index (χ0) is 22.7. The minimum absolute atomic E-state index is 0.229. The lowest BCUT2D eigenvalue weighted by atomic mass is 10.2. The van der Waals surface area contributed by atoms with E-state index in [-0.39, 0.29) is 22.2 Å². The van der Waals surface area contributed by atoms with Crippen molar-refractivity contribution in [1.82, 2.24) is 15.4 Å². The van der Waals surface area contributed by atoms with Crippen molar-refractivity contribution in [3.63, 3.8) is 0 Å². The van der Waals surface area contributed by atoms with Crippen LogP contribution in [0.25, 0.3) is 0 Å². The summed E-state index contributed by atoms with van der Waals surface area (Å²) in [4.78, 5) is 25.1. The first-order chi connectivity index (χ1) is 15.4. The molecule has 0 spiro atoms. The van der Waals surface area contributed by atoms with Crippen molar-refractivity contribution in [3.8, 4) is 0 Å². The summed E-state index contributed by atoms with van der Waals surface area (Å²) in [7, 11) is 0. The Bertz CT molecular complexity index is 1120. The zero-order valence-electron chi connectivity index (χ0n) is 16.9. The second-order valence-electron chi connectivity index (χ2n) is 7.11. The van der Waals surface area contributed by atoms with E-state index >= 15 is 0 Å². The lowest BCUT2D eigenvalue weighted by Gasteiger charge is -2.37. The Hall–Kier alpha value is -3.30. The van der Waals surface area contributed by atoms with Gasteiger partial charge >= 0.3 is 0 Å². The van der Waals surface area contributed by atoms with Crippen LogP contribution >= 0.6 is 23.2 Å². The number of nitrogen functional groups attached to an aromatic ring is 1. The molecule has 0 unspecified atom stereocenters. The molecule has 11 heteroatoms. The highest BCUT2D eigenvalue weighted by molar-refractivity contribution is 6.36. The molecule has 166 valence electrons.